The minimum Gasteiger partial charge on any atom is -0.320 e. The molecule has 0 aliphatic rings. The lowest BCUT2D eigenvalue weighted by molar-refractivity contribution is 0.638. The zero-order valence-corrected chi connectivity index (χ0v) is 9.71. The van der Waals surface area contributed by atoms with Gasteiger partial charge in [-0.05, 0) is 26.4 Å². The van der Waals surface area contributed by atoms with Gasteiger partial charge in [0.05, 0.1) is 0 Å². The Morgan fingerprint density at radius 2 is 1.55 bits per heavy atom. The number of hydrogen-bond donors (Lipinski definition) is 1. The van der Waals surface area contributed by atoms with Gasteiger partial charge in [0.15, 0.2) is 0 Å². The molecule has 1 N–H and O–H groups in total. The van der Waals surface area contributed by atoms with Gasteiger partial charge in [0.1, 0.15) is 0 Å². The molecule has 0 aromatic heterocycles. The van der Waals surface area contributed by atoms with Crippen LogP contribution in [0.4, 0.5) is 0 Å². The Morgan fingerprint density at radius 3 is 2.00 bits per heavy atom. The lowest BCUT2D eigenvalue weighted by atomic mass is 10.2. The van der Waals surface area contributed by atoms with E-state index in [2.05, 4.69) is 21.2 Å². The molecule has 0 saturated heterocycles. The molecule has 0 heterocycles. The first-order valence-corrected chi connectivity index (χ1v) is 5.74. The molecular formula is C9H22BrN. The predicted octanol–water partition coefficient (Wildman–Crippen LogP) is 3.19. The predicted molar refractivity (Wildman–Crippen MR) is 57.5 cm³/mol. The second-order valence-corrected chi connectivity index (χ2v) is 3.00. The van der Waals surface area contributed by atoms with Gasteiger partial charge in [-0.25, -0.2) is 0 Å². The second kappa shape index (κ2) is 16.8. The van der Waals surface area contributed by atoms with E-state index in [9.17, 15) is 0 Å². The first kappa shape index (κ1) is 14.0. The standard InChI is InChI=1S/C7H16BrN.C2H6/c1-9-7-5-3-2-4-6-8;1-2/h9H,2-7H2,1H3;1-2H3. The van der Waals surface area contributed by atoms with E-state index in [1.807, 2.05) is 20.9 Å². The first-order chi connectivity index (χ1) is 5.41. The maximum atomic E-state index is 3.40. The van der Waals surface area contributed by atoms with Crippen LogP contribution in [0.15, 0.2) is 0 Å². The summed E-state index contributed by atoms with van der Waals surface area (Å²) in [6.07, 6.45) is 5.38. The summed E-state index contributed by atoms with van der Waals surface area (Å²) in [5.74, 6) is 0. The molecule has 0 fully saturated rings. The van der Waals surface area contributed by atoms with Gasteiger partial charge in [0.25, 0.3) is 0 Å². The van der Waals surface area contributed by atoms with Crippen LogP contribution in [0.5, 0.6) is 0 Å². The van der Waals surface area contributed by atoms with Crippen LogP contribution in [-0.2, 0) is 0 Å². The summed E-state index contributed by atoms with van der Waals surface area (Å²) in [4.78, 5) is 0. The van der Waals surface area contributed by atoms with Crippen molar-refractivity contribution in [3.63, 3.8) is 0 Å². The van der Waals surface area contributed by atoms with Crippen molar-refractivity contribution in [2.75, 3.05) is 18.9 Å². The van der Waals surface area contributed by atoms with Gasteiger partial charge in [-0.3, -0.25) is 0 Å². The summed E-state index contributed by atoms with van der Waals surface area (Å²) >= 11 is 3.40. The molecule has 0 aromatic carbocycles. The summed E-state index contributed by atoms with van der Waals surface area (Å²) in [5, 5.41) is 4.29. The van der Waals surface area contributed by atoms with E-state index >= 15 is 0 Å². The smallest absolute Gasteiger partial charge is 0.00313 e. The van der Waals surface area contributed by atoms with Gasteiger partial charge < -0.3 is 5.32 Å². The Morgan fingerprint density at radius 1 is 1.00 bits per heavy atom. The van der Waals surface area contributed by atoms with Crippen molar-refractivity contribution in [1.29, 1.82) is 0 Å². The highest BCUT2D eigenvalue weighted by Crippen LogP contribution is 2.00. The SMILES string of the molecule is CC.CNCCCCCCBr. The van der Waals surface area contributed by atoms with Crippen molar-refractivity contribution in [2.24, 2.45) is 0 Å². The third-order valence-electron chi connectivity index (χ3n) is 1.31. The number of hydrogen-bond acceptors (Lipinski definition) is 1. The lowest BCUT2D eigenvalue weighted by Gasteiger charge is -1.96. The fourth-order valence-electron chi connectivity index (χ4n) is 0.750. The molecule has 0 aliphatic carbocycles. The van der Waals surface area contributed by atoms with Gasteiger partial charge >= 0.3 is 0 Å². The van der Waals surface area contributed by atoms with Crippen LogP contribution in [0.1, 0.15) is 39.5 Å². The van der Waals surface area contributed by atoms with Crippen molar-refractivity contribution in [3.8, 4) is 0 Å². The Bertz CT molecular complexity index is 42.8. The highest BCUT2D eigenvalue weighted by atomic mass is 79.9. The Balaban J connectivity index is 0. The van der Waals surface area contributed by atoms with Crippen LogP contribution in [0, 0.1) is 0 Å². The number of nitrogens with one attached hydrogen (secondary N) is 1. The van der Waals surface area contributed by atoms with Crippen molar-refractivity contribution in [2.45, 2.75) is 39.5 Å². The molecule has 70 valence electrons. The average molecular weight is 224 g/mol. The Kier molecular flexibility index (Phi) is 21.4. The fraction of sp³-hybridized carbons (Fsp3) is 1.00. The highest BCUT2D eigenvalue weighted by molar-refractivity contribution is 9.09. The van der Waals surface area contributed by atoms with Crippen LogP contribution in [0.2, 0.25) is 0 Å². The molecule has 11 heavy (non-hydrogen) atoms. The molecule has 0 spiro atoms. The van der Waals surface area contributed by atoms with Gasteiger partial charge in [-0.15, -0.1) is 0 Å². The molecular weight excluding hydrogens is 202 g/mol. The summed E-state index contributed by atoms with van der Waals surface area (Å²) in [7, 11) is 2.00. The minimum atomic E-state index is 1.16. The maximum Gasteiger partial charge on any atom is 0.00313 e. The van der Waals surface area contributed by atoms with Crippen molar-refractivity contribution < 1.29 is 0 Å². The molecule has 0 aliphatic heterocycles. The number of rotatable bonds is 6. The van der Waals surface area contributed by atoms with E-state index in [1.54, 1.807) is 0 Å². The molecule has 0 radical (unpaired) electrons. The van der Waals surface area contributed by atoms with Gasteiger partial charge in [0, 0.05) is 5.33 Å². The molecule has 0 rings (SSSR count). The lowest BCUT2D eigenvalue weighted by Crippen LogP contribution is -2.06. The highest BCUT2D eigenvalue weighted by Gasteiger charge is 1.85. The van der Waals surface area contributed by atoms with Crippen molar-refractivity contribution in [3.05, 3.63) is 0 Å². The van der Waals surface area contributed by atoms with Crippen LogP contribution in [0.25, 0.3) is 0 Å². The summed E-state index contributed by atoms with van der Waals surface area (Å²) in [6.45, 7) is 5.17. The fourth-order valence-corrected chi connectivity index (χ4v) is 1.15. The Hall–Kier alpha value is 0.440. The van der Waals surface area contributed by atoms with E-state index in [-0.39, 0.29) is 0 Å². The number of alkyl halides is 1. The van der Waals surface area contributed by atoms with Gasteiger partial charge in [-0.1, -0.05) is 42.6 Å². The van der Waals surface area contributed by atoms with E-state index < -0.39 is 0 Å². The summed E-state index contributed by atoms with van der Waals surface area (Å²) in [6, 6.07) is 0. The van der Waals surface area contributed by atoms with Crippen molar-refractivity contribution in [1.82, 2.24) is 5.32 Å². The zero-order chi connectivity index (χ0) is 8.95. The van der Waals surface area contributed by atoms with E-state index in [1.165, 1.54) is 32.2 Å². The molecule has 0 unspecified atom stereocenters. The topological polar surface area (TPSA) is 12.0 Å². The molecule has 2 heteroatoms. The second-order valence-electron chi connectivity index (χ2n) is 2.21. The first-order valence-electron chi connectivity index (χ1n) is 4.62. The molecule has 0 bridgehead atoms. The van der Waals surface area contributed by atoms with E-state index in [0.29, 0.717) is 0 Å². The molecule has 0 atom stereocenters. The number of unbranched alkanes of at least 4 members (excludes halogenated alkanes) is 3. The quantitative estimate of drug-likeness (QED) is 0.539. The summed E-state index contributed by atoms with van der Waals surface area (Å²) in [5.41, 5.74) is 0. The maximum absolute atomic E-state index is 3.40. The van der Waals surface area contributed by atoms with Gasteiger partial charge in [-0.2, -0.15) is 0 Å². The minimum absolute atomic E-state index is 1.16. The zero-order valence-electron chi connectivity index (χ0n) is 8.12. The van der Waals surface area contributed by atoms with Crippen LogP contribution in [-0.4, -0.2) is 18.9 Å². The van der Waals surface area contributed by atoms with Crippen LogP contribution in [0.3, 0.4) is 0 Å². The normalized spacial score (nSPS) is 8.73. The average Bonchev–Trinajstić information content (AvgIpc) is 2.08. The largest absolute Gasteiger partial charge is 0.320 e. The van der Waals surface area contributed by atoms with Crippen molar-refractivity contribution >= 4 is 15.9 Å². The Labute approximate surface area is 80.1 Å². The van der Waals surface area contributed by atoms with Gasteiger partial charge in [0.2, 0.25) is 0 Å². The van der Waals surface area contributed by atoms with E-state index in [0.717, 1.165) is 5.33 Å². The molecule has 0 saturated carbocycles. The monoisotopic (exact) mass is 223 g/mol. The third-order valence-corrected chi connectivity index (χ3v) is 1.87. The molecule has 1 nitrogen and oxygen atoms in total. The number of halogens is 1. The summed E-state index contributed by atoms with van der Waals surface area (Å²) < 4.78 is 0. The molecule has 0 amide bonds. The van der Waals surface area contributed by atoms with Crippen LogP contribution >= 0.6 is 15.9 Å². The van der Waals surface area contributed by atoms with E-state index in [4.69, 9.17) is 0 Å². The van der Waals surface area contributed by atoms with Crippen LogP contribution < -0.4 is 5.32 Å². The molecule has 0 aromatic rings. The third kappa shape index (κ3) is 17.9.